The van der Waals surface area contributed by atoms with Gasteiger partial charge in [0.15, 0.2) is 5.72 Å². The number of ether oxygens (including phenoxy) is 1. The van der Waals surface area contributed by atoms with E-state index in [9.17, 15) is 15.0 Å². The van der Waals surface area contributed by atoms with Crippen molar-refractivity contribution in [3.05, 3.63) is 98.8 Å². The minimum Gasteiger partial charge on any atom is -0.392 e. The molecule has 194 valence electrons. The first kappa shape index (κ1) is 26.1. The molecule has 1 amide bonds. The quantitative estimate of drug-likeness (QED) is 0.467. The predicted molar refractivity (Wildman–Crippen MR) is 141 cm³/mol. The number of hydrogen-bond acceptors (Lipinski definition) is 6. The van der Waals surface area contributed by atoms with Crippen molar-refractivity contribution in [3.8, 4) is 0 Å². The van der Waals surface area contributed by atoms with Crippen molar-refractivity contribution in [2.45, 2.75) is 37.3 Å². The molecular weight excluding hydrogens is 513 g/mol. The average Bonchev–Trinajstić information content (AvgIpc) is 3.39. The van der Waals surface area contributed by atoms with Crippen LogP contribution < -0.4 is 0 Å². The number of aliphatic hydroxyl groups is 2. The van der Waals surface area contributed by atoms with Crippen LogP contribution in [0.2, 0.25) is 10.0 Å². The lowest BCUT2D eigenvalue weighted by Gasteiger charge is -2.38. The monoisotopic (exact) mass is 541 g/mol. The fraction of sp³-hybridized carbons (Fsp3) is 0.357. The van der Waals surface area contributed by atoms with Crippen molar-refractivity contribution in [2.75, 3.05) is 26.7 Å². The van der Waals surface area contributed by atoms with Crippen LogP contribution in [-0.4, -0.2) is 63.8 Å². The second-order valence-electron chi connectivity index (χ2n) is 9.93. The Bertz CT molecular complexity index is 1300. The van der Waals surface area contributed by atoms with E-state index in [0.717, 1.165) is 5.56 Å². The summed E-state index contributed by atoms with van der Waals surface area (Å²) in [5.41, 5.74) is 0.695. The van der Waals surface area contributed by atoms with Crippen LogP contribution in [-0.2, 0) is 22.6 Å². The number of carbonyl (C=O) groups excluding carboxylic acids is 1. The standard InChI is InChI=1S/C28H29Cl2N3O4/c1-27(36,17-32-12-11-23(34)16-32)19-5-10-25-24(13-19)26(35)33(15-22-9-8-21(30)14-31-22)28(25,37-2)18-3-6-20(29)7-4-18/h3-10,13-14,23,34,36H,11-12,15-17H2,1-2H3/t23-,27?,28+/m0/s1. The largest absolute Gasteiger partial charge is 0.392 e. The minimum absolute atomic E-state index is 0.179. The predicted octanol–water partition coefficient (Wildman–Crippen LogP) is 4.17. The topological polar surface area (TPSA) is 86.1 Å². The van der Waals surface area contributed by atoms with Crippen LogP contribution in [0.25, 0.3) is 0 Å². The van der Waals surface area contributed by atoms with Gasteiger partial charge in [-0.2, -0.15) is 0 Å². The first-order valence-electron chi connectivity index (χ1n) is 12.2. The lowest BCUT2D eigenvalue weighted by molar-refractivity contribution is -0.0868. The summed E-state index contributed by atoms with van der Waals surface area (Å²) in [7, 11) is 1.57. The van der Waals surface area contributed by atoms with Gasteiger partial charge < -0.3 is 14.9 Å². The molecule has 2 N–H and O–H groups in total. The lowest BCUT2D eigenvalue weighted by atomic mass is 9.88. The maximum Gasteiger partial charge on any atom is 0.257 e. The number of amides is 1. The molecule has 1 saturated heterocycles. The molecular formula is C28H29Cl2N3O4. The third-order valence-electron chi connectivity index (χ3n) is 7.28. The average molecular weight is 542 g/mol. The Labute approximate surface area is 226 Å². The minimum atomic E-state index is -1.22. The molecule has 1 unspecified atom stereocenters. The Hall–Kier alpha value is -2.52. The van der Waals surface area contributed by atoms with Crippen molar-refractivity contribution in [3.63, 3.8) is 0 Å². The van der Waals surface area contributed by atoms with E-state index in [1.54, 1.807) is 55.5 Å². The number of hydrogen-bond donors (Lipinski definition) is 2. The highest BCUT2D eigenvalue weighted by Crippen LogP contribution is 2.46. The molecule has 1 aromatic heterocycles. The Balaban J connectivity index is 1.58. The first-order chi connectivity index (χ1) is 17.6. The number of carbonyl (C=O) groups is 1. The second-order valence-corrected chi connectivity index (χ2v) is 10.8. The highest BCUT2D eigenvalue weighted by Gasteiger charge is 2.52. The number of methoxy groups -OCH3 is 1. The molecule has 0 spiro atoms. The molecule has 0 radical (unpaired) electrons. The molecule has 0 saturated carbocycles. The molecule has 5 rings (SSSR count). The van der Waals surface area contributed by atoms with E-state index in [2.05, 4.69) is 4.98 Å². The number of fused-ring (bicyclic) bond motifs is 1. The fourth-order valence-corrected chi connectivity index (χ4v) is 5.68. The van der Waals surface area contributed by atoms with E-state index in [1.165, 1.54) is 0 Å². The van der Waals surface area contributed by atoms with Crippen molar-refractivity contribution in [1.82, 2.24) is 14.8 Å². The molecule has 9 heteroatoms. The normalized spacial score (nSPS) is 23.4. The van der Waals surface area contributed by atoms with Gasteiger partial charge in [-0.05, 0) is 49.2 Å². The maximum atomic E-state index is 14.0. The van der Waals surface area contributed by atoms with Crippen LogP contribution in [0, 0.1) is 0 Å². The smallest absolute Gasteiger partial charge is 0.257 e. The Morgan fingerprint density at radius 2 is 1.86 bits per heavy atom. The Kier molecular flexibility index (Phi) is 7.04. The molecule has 3 aromatic rings. The summed E-state index contributed by atoms with van der Waals surface area (Å²) < 4.78 is 6.18. The van der Waals surface area contributed by atoms with Gasteiger partial charge in [-0.15, -0.1) is 0 Å². The van der Waals surface area contributed by atoms with E-state index in [0.29, 0.717) is 58.5 Å². The molecule has 2 aliphatic rings. The van der Waals surface area contributed by atoms with Crippen LogP contribution in [0.15, 0.2) is 60.8 Å². The highest BCUT2D eigenvalue weighted by molar-refractivity contribution is 6.30. The molecule has 2 aliphatic heterocycles. The molecule has 0 aliphatic carbocycles. The van der Waals surface area contributed by atoms with Gasteiger partial charge in [0.25, 0.3) is 5.91 Å². The summed E-state index contributed by atoms with van der Waals surface area (Å²) in [6.45, 7) is 3.50. The van der Waals surface area contributed by atoms with Crippen molar-refractivity contribution in [1.29, 1.82) is 0 Å². The summed E-state index contributed by atoms with van der Waals surface area (Å²) in [5, 5.41) is 22.4. The number of nitrogens with zero attached hydrogens (tertiary/aromatic N) is 3. The van der Waals surface area contributed by atoms with Crippen LogP contribution in [0.5, 0.6) is 0 Å². The van der Waals surface area contributed by atoms with Crippen LogP contribution in [0.1, 0.15) is 46.1 Å². The molecule has 3 heterocycles. The van der Waals surface area contributed by atoms with Crippen molar-refractivity contribution in [2.24, 2.45) is 0 Å². The van der Waals surface area contributed by atoms with Crippen LogP contribution in [0.3, 0.4) is 0 Å². The molecule has 0 bridgehead atoms. The Morgan fingerprint density at radius 1 is 1.14 bits per heavy atom. The number of β-amino-alcohol motifs (C(OH)–C–C–N with tert-alkyl or cyclic N) is 2. The number of aromatic nitrogens is 1. The number of aliphatic hydroxyl groups excluding tert-OH is 1. The van der Waals surface area contributed by atoms with E-state index >= 15 is 0 Å². The number of halogens is 2. The van der Waals surface area contributed by atoms with Gasteiger partial charge in [0.2, 0.25) is 0 Å². The van der Waals surface area contributed by atoms with Gasteiger partial charge in [0, 0.05) is 54.7 Å². The number of benzene rings is 2. The summed E-state index contributed by atoms with van der Waals surface area (Å²) in [5.74, 6) is -0.238. The van der Waals surface area contributed by atoms with E-state index in [1.807, 2.05) is 29.2 Å². The third-order valence-corrected chi connectivity index (χ3v) is 7.76. The fourth-order valence-electron chi connectivity index (χ4n) is 5.44. The van der Waals surface area contributed by atoms with E-state index in [-0.39, 0.29) is 18.6 Å². The van der Waals surface area contributed by atoms with Gasteiger partial charge in [-0.25, -0.2) is 0 Å². The van der Waals surface area contributed by atoms with Gasteiger partial charge in [-0.3, -0.25) is 19.6 Å². The van der Waals surface area contributed by atoms with E-state index in [4.69, 9.17) is 27.9 Å². The summed E-state index contributed by atoms with van der Waals surface area (Å²) in [6, 6.07) is 16.2. The molecule has 37 heavy (non-hydrogen) atoms. The van der Waals surface area contributed by atoms with Gasteiger partial charge in [-0.1, -0.05) is 47.5 Å². The van der Waals surface area contributed by atoms with E-state index < -0.39 is 11.3 Å². The van der Waals surface area contributed by atoms with Gasteiger partial charge in [0.1, 0.15) is 0 Å². The molecule has 2 aromatic carbocycles. The molecule has 3 atom stereocenters. The summed E-state index contributed by atoms with van der Waals surface area (Å²) in [4.78, 5) is 22.1. The second kappa shape index (κ2) is 9.98. The SMILES string of the molecule is CO[C@]1(c2ccc(Cl)cc2)c2ccc(C(C)(O)CN3CC[C@H](O)C3)cc2C(=O)N1Cc1ccc(Cl)cn1. The molecule has 1 fully saturated rings. The van der Waals surface area contributed by atoms with Crippen LogP contribution in [0.4, 0.5) is 0 Å². The lowest BCUT2D eigenvalue weighted by Crippen LogP contribution is -2.45. The Morgan fingerprint density at radius 3 is 2.49 bits per heavy atom. The zero-order valence-electron chi connectivity index (χ0n) is 20.7. The third kappa shape index (κ3) is 4.76. The molecule has 7 nitrogen and oxygen atoms in total. The van der Waals surface area contributed by atoms with Crippen molar-refractivity contribution >= 4 is 29.1 Å². The zero-order valence-corrected chi connectivity index (χ0v) is 22.2. The first-order valence-corrected chi connectivity index (χ1v) is 12.9. The number of rotatable bonds is 7. The zero-order chi connectivity index (χ0) is 26.4. The highest BCUT2D eigenvalue weighted by atomic mass is 35.5. The summed E-state index contributed by atoms with van der Waals surface area (Å²) >= 11 is 12.2. The maximum absolute atomic E-state index is 14.0. The van der Waals surface area contributed by atoms with Crippen molar-refractivity contribution < 1.29 is 19.7 Å². The van der Waals surface area contributed by atoms with Gasteiger partial charge in [0.05, 0.1) is 29.0 Å². The number of likely N-dealkylation sites (tertiary alicyclic amines) is 1. The van der Waals surface area contributed by atoms with Crippen LogP contribution >= 0.6 is 23.2 Å². The number of pyridine rings is 1. The summed E-state index contributed by atoms with van der Waals surface area (Å²) in [6.07, 6.45) is 1.85. The van der Waals surface area contributed by atoms with Gasteiger partial charge >= 0.3 is 0 Å².